The summed E-state index contributed by atoms with van der Waals surface area (Å²) in [7, 11) is 0. The Morgan fingerprint density at radius 2 is 1.96 bits per heavy atom. The Morgan fingerprint density at radius 1 is 1.08 bits per heavy atom. The summed E-state index contributed by atoms with van der Waals surface area (Å²) in [6, 6.07) is 12.0. The quantitative estimate of drug-likeness (QED) is 0.610. The molecular weight excluding hydrogens is 339 g/mol. The molecule has 1 aromatic carbocycles. The van der Waals surface area contributed by atoms with E-state index in [1.165, 1.54) is 17.7 Å². The molecule has 6 heteroatoms. The molecular formula is C19H17FN2O2S. The Morgan fingerprint density at radius 3 is 2.80 bits per heavy atom. The predicted octanol–water partition coefficient (Wildman–Crippen LogP) is 4.77. The highest BCUT2D eigenvalue weighted by molar-refractivity contribution is 8.00. The first kappa shape index (κ1) is 16.1. The Balaban J connectivity index is 1.53. The zero-order chi connectivity index (χ0) is 17.1. The van der Waals surface area contributed by atoms with Crippen LogP contribution in [0.1, 0.15) is 18.4 Å². The fourth-order valence-electron chi connectivity index (χ4n) is 2.56. The van der Waals surface area contributed by atoms with E-state index in [1.54, 1.807) is 24.5 Å². The van der Waals surface area contributed by atoms with Gasteiger partial charge in [-0.15, -0.1) is 11.8 Å². The maximum atomic E-state index is 12.5. The van der Waals surface area contributed by atoms with Crippen molar-refractivity contribution in [2.24, 2.45) is 0 Å². The third-order valence-electron chi connectivity index (χ3n) is 3.90. The first-order valence-corrected chi connectivity index (χ1v) is 9.02. The number of hydrogen-bond acceptors (Lipinski definition) is 5. The van der Waals surface area contributed by atoms with Gasteiger partial charge in [0.2, 0.25) is 12.7 Å². The zero-order valence-corrected chi connectivity index (χ0v) is 14.3. The van der Waals surface area contributed by atoms with Gasteiger partial charge in [0, 0.05) is 27.9 Å². The number of alkyl halides is 1. The van der Waals surface area contributed by atoms with Gasteiger partial charge in [-0.25, -0.2) is 9.37 Å². The molecule has 0 saturated heterocycles. The number of pyridine rings is 2. The number of benzene rings is 1. The second-order valence-electron chi connectivity index (χ2n) is 5.83. The normalized spacial score (nSPS) is 13.8. The van der Waals surface area contributed by atoms with Gasteiger partial charge in [0.05, 0.1) is 0 Å². The van der Waals surface area contributed by atoms with E-state index < -0.39 is 6.86 Å². The molecule has 0 radical (unpaired) electrons. The van der Waals surface area contributed by atoms with Crippen LogP contribution in [0.2, 0.25) is 0 Å². The molecule has 0 amide bonds. The van der Waals surface area contributed by atoms with E-state index in [0.717, 1.165) is 16.2 Å². The molecule has 1 fully saturated rings. The van der Waals surface area contributed by atoms with E-state index in [-0.39, 0.29) is 5.88 Å². The van der Waals surface area contributed by atoms with Gasteiger partial charge >= 0.3 is 0 Å². The molecule has 4 rings (SSSR count). The molecule has 0 spiro atoms. The van der Waals surface area contributed by atoms with Crippen LogP contribution in [0.25, 0.3) is 10.9 Å². The fourth-order valence-corrected chi connectivity index (χ4v) is 3.69. The number of aromatic nitrogens is 2. The minimum Gasteiger partial charge on any atom is -0.488 e. The number of rotatable bonds is 7. The van der Waals surface area contributed by atoms with Crippen LogP contribution in [0.4, 0.5) is 4.39 Å². The summed E-state index contributed by atoms with van der Waals surface area (Å²) >= 11 is 1.93. The highest BCUT2D eigenvalue weighted by Gasteiger charge is 2.22. The molecule has 4 nitrogen and oxygen atoms in total. The first-order valence-electron chi connectivity index (χ1n) is 8.14. The van der Waals surface area contributed by atoms with Gasteiger partial charge < -0.3 is 9.47 Å². The second-order valence-corrected chi connectivity index (χ2v) is 7.20. The van der Waals surface area contributed by atoms with Crippen LogP contribution in [0, 0.1) is 0 Å². The first-order chi connectivity index (χ1) is 12.3. The molecule has 0 bridgehead atoms. The van der Waals surface area contributed by atoms with E-state index in [2.05, 4.69) is 34.2 Å². The molecule has 0 unspecified atom stereocenters. The third kappa shape index (κ3) is 3.85. The summed E-state index contributed by atoms with van der Waals surface area (Å²) in [6.45, 7) is -0.482. The number of halogens is 1. The number of fused-ring (bicyclic) bond motifs is 1. The van der Waals surface area contributed by atoms with Gasteiger partial charge in [0.15, 0.2) is 0 Å². The van der Waals surface area contributed by atoms with Crippen LogP contribution in [-0.2, 0) is 6.61 Å². The molecule has 1 saturated carbocycles. The Hall–Kier alpha value is -2.34. The molecule has 25 heavy (non-hydrogen) atoms. The smallest absolute Gasteiger partial charge is 0.243 e. The van der Waals surface area contributed by atoms with Gasteiger partial charge in [0.1, 0.15) is 17.9 Å². The summed E-state index contributed by atoms with van der Waals surface area (Å²) in [5.74, 6) is 0.852. The van der Waals surface area contributed by atoms with Crippen LogP contribution in [0.3, 0.4) is 0 Å². The minimum atomic E-state index is -0.940. The largest absolute Gasteiger partial charge is 0.488 e. The van der Waals surface area contributed by atoms with Gasteiger partial charge in [-0.3, -0.25) is 4.98 Å². The lowest BCUT2D eigenvalue weighted by atomic mass is 10.2. The second kappa shape index (κ2) is 7.27. The van der Waals surface area contributed by atoms with Crippen molar-refractivity contribution in [2.45, 2.75) is 29.6 Å². The van der Waals surface area contributed by atoms with Gasteiger partial charge in [-0.1, -0.05) is 12.1 Å². The van der Waals surface area contributed by atoms with Crippen molar-refractivity contribution < 1.29 is 13.9 Å². The van der Waals surface area contributed by atoms with Gasteiger partial charge in [-0.05, 0) is 42.7 Å². The van der Waals surface area contributed by atoms with Crippen molar-refractivity contribution in [3.05, 3.63) is 54.4 Å². The van der Waals surface area contributed by atoms with Crippen LogP contribution < -0.4 is 9.47 Å². The molecule has 0 aliphatic heterocycles. The van der Waals surface area contributed by atoms with Gasteiger partial charge in [-0.2, -0.15) is 0 Å². The minimum absolute atomic E-state index is 0.174. The third-order valence-corrected chi connectivity index (χ3v) is 5.23. The summed E-state index contributed by atoms with van der Waals surface area (Å²) in [5, 5.41) is 1.53. The number of thioether (sulfide) groups is 1. The van der Waals surface area contributed by atoms with Gasteiger partial charge in [0.25, 0.3) is 0 Å². The van der Waals surface area contributed by atoms with E-state index in [1.807, 2.05) is 11.8 Å². The van der Waals surface area contributed by atoms with Crippen molar-refractivity contribution in [2.75, 3.05) is 6.86 Å². The summed E-state index contributed by atoms with van der Waals surface area (Å²) in [5.41, 5.74) is 1.61. The molecule has 2 aromatic heterocycles. The molecule has 128 valence electrons. The summed E-state index contributed by atoms with van der Waals surface area (Å²) in [6.07, 6.45) is 5.80. The molecule has 1 aliphatic carbocycles. The Bertz CT molecular complexity index is 886. The summed E-state index contributed by atoms with van der Waals surface area (Å²) < 4.78 is 23.4. The van der Waals surface area contributed by atoms with Crippen LogP contribution in [0.5, 0.6) is 11.6 Å². The van der Waals surface area contributed by atoms with Crippen molar-refractivity contribution in [3.8, 4) is 11.6 Å². The van der Waals surface area contributed by atoms with Crippen LogP contribution >= 0.6 is 11.8 Å². The van der Waals surface area contributed by atoms with E-state index in [0.29, 0.717) is 17.9 Å². The van der Waals surface area contributed by atoms with E-state index in [9.17, 15) is 4.39 Å². The maximum Gasteiger partial charge on any atom is 0.243 e. The van der Waals surface area contributed by atoms with Crippen molar-refractivity contribution in [3.63, 3.8) is 0 Å². The van der Waals surface area contributed by atoms with Crippen molar-refractivity contribution >= 4 is 22.7 Å². The topological polar surface area (TPSA) is 44.2 Å². The lowest BCUT2D eigenvalue weighted by Crippen LogP contribution is -1.99. The lowest BCUT2D eigenvalue weighted by molar-refractivity contribution is 0.187. The van der Waals surface area contributed by atoms with Crippen molar-refractivity contribution in [1.82, 2.24) is 9.97 Å². The van der Waals surface area contributed by atoms with Crippen LogP contribution in [0.15, 0.2) is 53.7 Å². The Labute approximate surface area is 149 Å². The maximum absolute atomic E-state index is 12.5. The molecule has 0 N–H and O–H groups in total. The highest BCUT2D eigenvalue weighted by Crippen LogP contribution is 2.39. The fraction of sp³-hybridized carbons (Fsp3) is 0.263. The molecule has 3 aromatic rings. The Kier molecular flexibility index (Phi) is 4.70. The molecule has 0 atom stereocenters. The summed E-state index contributed by atoms with van der Waals surface area (Å²) in [4.78, 5) is 9.53. The monoisotopic (exact) mass is 356 g/mol. The van der Waals surface area contributed by atoms with Crippen molar-refractivity contribution in [1.29, 1.82) is 0 Å². The number of hydrogen-bond donors (Lipinski definition) is 0. The molecule has 2 heterocycles. The van der Waals surface area contributed by atoms with E-state index >= 15 is 0 Å². The SMILES string of the molecule is FCOc1nccc2c(OCc3cccc(SC4CC4)c3)ccnc12. The highest BCUT2D eigenvalue weighted by atomic mass is 32.2. The zero-order valence-electron chi connectivity index (χ0n) is 13.5. The molecule has 1 aliphatic rings. The average Bonchev–Trinajstić information content (AvgIpc) is 3.45. The number of nitrogens with zero attached hydrogens (tertiary/aromatic N) is 2. The lowest BCUT2D eigenvalue weighted by Gasteiger charge is -2.11. The van der Waals surface area contributed by atoms with Crippen LogP contribution in [-0.4, -0.2) is 22.1 Å². The average molecular weight is 356 g/mol. The number of ether oxygens (including phenoxy) is 2. The predicted molar refractivity (Wildman–Crippen MR) is 95.8 cm³/mol. The van der Waals surface area contributed by atoms with E-state index in [4.69, 9.17) is 9.47 Å². The standard InChI is InChI=1S/C19H17FN2O2S/c20-12-24-19-18-16(6-8-22-19)17(7-9-21-18)23-11-13-2-1-3-15(10-13)25-14-4-5-14/h1-3,6-10,14H,4-5,11-12H2.